The van der Waals surface area contributed by atoms with Crippen LogP contribution in [-0.4, -0.2) is 5.25 Å². The molecule has 3 aliphatic rings. The Morgan fingerprint density at radius 2 is 1.74 bits per heavy atom. The smallest absolute Gasteiger partial charge is 0.0519 e. The maximum absolute atomic E-state index is 2.37. The van der Waals surface area contributed by atoms with Crippen molar-refractivity contribution in [1.82, 2.24) is 0 Å². The Hall–Kier alpha value is -0.860. The summed E-state index contributed by atoms with van der Waals surface area (Å²) in [6, 6.07) is 8.88. The van der Waals surface area contributed by atoms with Gasteiger partial charge < -0.3 is 0 Å². The minimum atomic E-state index is 0.177. The molecule has 0 saturated heterocycles. The molecule has 0 radical (unpaired) electrons. The SMILES string of the molecule is CC1(C)C=CC2=C(C=C1)C1Sc3ccccc3C1S2. The van der Waals surface area contributed by atoms with Crippen LogP contribution in [0, 0.1) is 5.41 Å². The fourth-order valence-electron chi connectivity index (χ4n) is 2.84. The molecule has 2 heterocycles. The van der Waals surface area contributed by atoms with Gasteiger partial charge in [-0.15, -0.1) is 23.5 Å². The number of hydrogen-bond donors (Lipinski definition) is 0. The summed E-state index contributed by atoms with van der Waals surface area (Å²) in [5.74, 6) is 0. The van der Waals surface area contributed by atoms with E-state index >= 15 is 0 Å². The van der Waals surface area contributed by atoms with Crippen LogP contribution in [0.15, 0.2) is 63.9 Å². The number of allylic oxidation sites excluding steroid dienone is 4. The Labute approximate surface area is 123 Å². The summed E-state index contributed by atoms with van der Waals surface area (Å²) in [4.78, 5) is 2.94. The predicted molar refractivity (Wildman–Crippen MR) is 85.5 cm³/mol. The molecule has 0 spiro atoms. The van der Waals surface area contributed by atoms with Gasteiger partial charge in [-0.05, 0) is 17.2 Å². The third kappa shape index (κ3) is 1.85. The van der Waals surface area contributed by atoms with E-state index in [0.29, 0.717) is 10.5 Å². The molecule has 0 amide bonds. The van der Waals surface area contributed by atoms with E-state index < -0.39 is 0 Å². The Morgan fingerprint density at radius 3 is 2.63 bits per heavy atom. The van der Waals surface area contributed by atoms with Gasteiger partial charge in [0.1, 0.15) is 0 Å². The number of benzene rings is 1. The summed E-state index contributed by atoms with van der Waals surface area (Å²) < 4.78 is 0. The molecule has 96 valence electrons. The van der Waals surface area contributed by atoms with Gasteiger partial charge in [-0.1, -0.05) is 56.4 Å². The summed E-state index contributed by atoms with van der Waals surface area (Å²) in [6.45, 7) is 4.53. The molecule has 19 heavy (non-hydrogen) atoms. The molecule has 2 atom stereocenters. The van der Waals surface area contributed by atoms with Crippen molar-refractivity contribution >= 4 is 23.5 Å². The molecule has 2 heteroatoms. The Kier molecular flexibility index (Phi) is 2.55. The van der Waals surface area contributed by atoms with Crippen LogP contribution >= 0.6 is 23.5 Å². The van der Waals surface area contributed by atoms with Crippen LogP contribution in [0.5, 0.6) is 0 Å². The topological polar surface area (TPSA) is 0 Å². The van der Waals surface area contributed by atoms with Crippen molar-refractivity contribution in [2.45, 2.75) is 29.2 Å². The molecule has 1 aromatic carbocycles. The highest BCUT2D eigenvalue weighted by Gasteiger charge is 2.41. The van der Waals surface area contributed by atoms with E-state index in [1.807, 2.05) is 23.5 Å². The second-order valence-corrected chi connectivity index (χ2v) is 8.29. The molecular formula is C17H16S2. The fourth-order valence-corrected chi connectivity index (χ4v) is 6.05. The largest absolute Gasteiger partial charge is 0.116 e. The zero-order chi connectivity index (χ0) is 13.0. The monoisotopic (exact) mass is 284 g/mol. The van der Waals surface area contributed by atoms with Crippen LogP contribution in [0.3, 0.4) is 0 Å². The maximum atomic E-state index is 2.37. The first kappa shape index (κ1) is 11.9. The summed E-state index contributed by atoms with van der Waals surface area (Å²) in [5.41, 5.74) is 3.23. The number of fused-ring (bicyclic) bond motifs is 4. The van der Waals surface area contributed by atoms with Crippen molar-refractivity contribution in [3.05, 3.63) is 64.6 Å². The third-order valence-electron chi connectivity index (χ3n) is 3.96. The minimum Gasteiger partial charge on any atom is -0.116 e. The average molecular weight is 284 g/mol. The van der Waals surface area contributed by atoms with Crippen LogP contribution in [-0.2, 0) is 0 Å². The number of hydrogen-bond acceptors (Lipinski definition) is 2. The van der Waals surface area contributed by atoms with Gasteiger partial charge in [0.25, 0.3) is 0 Å². The lowest BCUT2D eigenvalue weighted by Crippen LogP contribution is -2.05. The van der Waals surface area contributed by atoms with Crippen molar-refractivity contribution in [3.63, 3.8) is 0 Å². The van der Waals surface area contributed by atoms with Crippen LogP contribution in [0.25, 0.3) is 0 Å². The Morgan fingerprint density at radius 1 is 0.947 bits per heavy atom. The first-order valence-corrected chi connectivity index (χ1v) is 8.45. The van der Waals surface area contributed by atoms with Gasteiger partial charge in [0, 0.05) is 15.2 Å². The lowest BCUT2D eigenvalue weighted by atomic mass is 9.93. The molecule has 2 aliphatic heterocycles. The molecule has 0 fully saturated rings. The zero-order valence-corrected chi connectivity index (χ0v) is 12.7. The van der Waals surface area contributed by atoms with Crippen molar-refractivity contribution in [3.8, 4) is 0 Å². The summed E-state index contributed by atoms with van der Waals surface area (Å²) in [6.07, 6.45) is 9.38. The van der Waals surface area contributed by atoms with Crippen molar-refractivity contribution in [2.24, 2.45) is 5.41 Å². The molecule has 0 bridgehead atoms. The van der Waals surface area contributed by atoms with Gasteiger partial charge >= 0.3 is 0 Å². The van der Waals surface area contributed by atoms with E-state index in [0.717, 1.165) is 0 Å². The maximum Gasteiger partial charge on any atom is 0.0519 e. The molecule has 0 aromatic heterocycles. The van der Waals surface area contributed by atoms with E-state index in [1.54, 1.807) is 0 Å². The first-order chi connectivity index (χ1) is 9.14. The molecule has 4 rings (SSSR count). The Balaban J connectivity index is 1.75. The minimum absolute atomic E-state index is 0.177. The molecular weight excluding hydrogens is 268 g/mol. The van der Waals surface area contributed by atoms with E-state index in [4.69, 9.17) is 0 Å². The lowest BCUT2D eigenvalue weighted by Gasteiger charge is -2.15. The molecule has 1 aromatic rings. The predicted octanol–water partition coefficient (Wildman–Crippen LogP) is 5.36. The average Bonchev–Trinajstić information content (AvgIpc) is 2.85. The lowest BCUT2D eigenvalue weighted by molar-refractivity contribution is 0.626. The van der Waals surface area contributed by atoms with Crippen molar-refractivity contribution in [1.29, 1.82) is 0 Å². The fraction of sp³-hybridized carbons (Fsp3) is 0.294. The standard InChI is InChI=1S/C17H16S2/c1-17(2)9-7-12-14(8-10-17)19-15-11-5-3-4-6-13(11)18-16(12)15/h3-10,15-16H,1-2H3. The molecule has 1 aliphatic carbocycles. The highest BCUT2D eigenvalue weighted by molar-refractivity contribution is 8.07. The van der Waals surface area contributed by atoms with Gasteiger partial charge in [-0.2, -0.15) is 0 Å². The van der Waals surface area contributed by atoms with Crippen LogP contribution in [0.1, 0.15) is 24.7 Å². The van der Waals surface area contributed by atoms with Crippen molar-refractivity contribution < 1.29 is 0 Å². The number of rotatable bonds is 0. The second-order valence-electron chi connectivity index (χ2n) is 5.92. The van der Waals surface area contributed by atoms with E-state index in [2.05, 4.69) is 62.4 Å². The van der Waals surface area contributed by atoms with Gasteiger partial charge in [0.2, 0.25) is 0 Å². The van der Waals surface area contributed by atoms with Crippen LogP contribution in [0.2, 0.25) is 0 Å². The molecule has 0 nitrogen and oxygen atoms in total. The van der Waals surface area contributed by atoms with Gasteiger partial charge in [0.05, 0.1) is 10.5 Å². The molecule has 0 saturated carbocycles. The molecule has 2 unspecified atom stereocenters. The second kappa shape index (κ2) is 4.07. The number of thioether (sulfide) groups is 2. The summed E-state index contributed by atoms with van der Waals surface area (Å²) >= 11 is 4.08. The van der Waals surface area contributed by atoms with Gasteiger partial charge in [-0.3, -0.25) is 0 Å². The zero-order valence-electron chi connectivity index (χ0n) is 11.1. The van der Waals surface area contributed by atoms with E-state index in [9.17, 15) is 0 Å². The summed E-state index contributed by atoms with van der Waals surface area (Å²) in [5, 5.41) is 1.22. The highest BCUT2D eigenvalue weighted by atomic mass is 32.2. The van der Waals surface area contributed by atoms with Gasteiger partial charge in [0.15, 0.2) is 0 Å². The van der Waals surface area contributed by atoms with Gasteiger partial charge in [-0.25, -0.2) is 0 Å². The highest BCUT2D eigenvalue weighted by Crippen LogP contribution is 2.61. The summed E-state index contributed by atoms with van der Waals surface area (Å²) in [7, 11) is 0. The van der Waals surface area contributed by atoms with Crippen molar-refractivity contribution in [2.75, 3.05) is 0 Å². The quantitative estimate of drug-likeness (QED) is 0.629. The first-order valence-electron chi connectivity index (χ1n) is 6.69. The Bertz CT molecular complexity index is 634. The van der Waals surface area contributed by atoms with E-state index in [1.165, 1.54) is 20.9 Å². The van der Waals surface area contributed by atoms with Crippen LogP contribution in [0.4, 0.5) is 0 Å². The third-order valence-corrected chi connectivity index (χ3v) is 6.94. The molecule has 0 N–H and O–H groups in total. The van der Waals surface area contributed by atoms with Crippen LogP contribution < -0.4 is 0 Å². The normalized spacial score (nSPS) is 30.0. The van der Waals surface area contributed by atoms with E-state index in [-0.39, 0.29) is 5.41 Å².